The van der Waals surface area contributed by atoms with E-state index in [-0.39, 0.29) is 0 Å². The van der Waals surface area contributed by atoms with Gasteiger partial charge in [-0.1, -0.05) is 6.92 Å². The first-order chi connectivity index (χ1) is 9.02. The molecule has 1 saturated heterocycles. The van der Waals surface area contributed by atoms with Crippen LogP contribution in [0.15, 0.2) is 18.2 Å². The second-order valence-corrected chi connectivity index (χ2v) is 5.88. The lowest BCUT2D eigenvalue weighted by Gasteiger charge is -2.38. The van der Waals surface area contributed by atoms with E-state index in [0.717, 1.165) is 25.3 Å². The molecule has 3 N–H and O–H groups in total. The summed E-state index contributed by atoms with van der Waals surface area (Å²) in [7, 11) is 2.17. The topological polar surface area (TPSA) is 65.1 Å². The first-order valence-corrected chi connectivity index (χ1v) is 6.74. The molecule has 1 aromatic carbocycles. The van der Waals surface area contributed by atoms with Crippen molar-refractivity contribution in [3.63, 3.8) is 0 Å². The number of benzene rings is 1. The molecule has 2 rings (SSSR count). The van der Waals surface area contributed by atoms with Gasteiger partial charge in [0.1, 0.15) is 6.07 Å². The summed E-state index contributed by atoms with van der Waals surface area (Å²) in [5, 5.41) is 12.4. The van der Waals surface area contributed by atoms with Crippen molar-refractivity contribution in [3.05, 3.63) is 23.8 Å². The molecule has 0 unspecified atom stereocenters. The van der Waals surface area contributed by atoms with Crippen LogP contribution in [0.3, 0.4) is 0 Å². The maximum atomic E-state index is 8.98. The summed E-state index contributed by atoms with van der Waals surface area (Å²) in [5.74, 6) is 0. The second-order valence-electron chi connectivity index (χ2n) is 5.88. The van der Waals surface area contributed by atoms with Crippen LogP contribution in [0.25, 0.3) is 0 Å². The first kappa shape index (κ1) is 13.7. The van der Waals surface area contributed by atoms with Crippen molar-refractivity contribution in [3.8, 4) is 6.07 Å². The average Bonchev–Trinajstić information content (AvgIpc) is 2.42. The SMILES string of the molecule is CN1CCC(C)(CNc2ccc(N)c(C#N)c2)CC1. The number of nitriles is 1. The third kappa shape index (κ3) is 3.39. The number of nitrogens with zero attached hydrogens (tertiary/aromatic N) is 2. The zero-order valence-corrected chi connectivity index (χ0v) is 11.7. The number of piperidine rings is 1. The van der Waals surface area contributed by atoms with E-state index < -0.39 is 0 Å². The summed E-state index contributed by atoms with van der Waals surface area (Å²) in [4.78, 5) is 2.37. The molecule has 1 heterocycles. The van der Waals surface area contributed by atoms with Crippen LogP contribution in [0.5, 0.6) is 0 Å². The molecule has 0 atom stereocenters. The molecule has 1 aliphatic heterocycles. The minimum absolute atomic E-state index is 0.334. The highest BCUT2D eigenvalue weighted by molar-refractivity contribution is 5.61. The molecule has 0 aliphatic carbocycles. The molecule has 0 amide bonds. The van der Waals surface area contributed by atoms with Gasteiger partial charge in [0.05, 0.1) is 5.56 Å². The number of likely N-dealkylation sites (tertiary alicyclic amines) is 1. The average molecular weight is 258 g/mol. The monoisotopic (exact) mass is 258 g/mol. The molecule has 0 spiro atoms. The summed E-state index contributed by atoms with van der Waals surface area (Å²) in [5.41, 5.74) is 8.12. The minimum Gasteiger partial charge on any atom is -0.398 e. The van der Waals surface area contributed by atoms with Gasteiger partial charge >= 0.3 is 0 Å². The van der Waals surface area contributed by atoms with Crippen molar-refractivity contribution in [2.75, 3.05) is 37.7 Å². The van der Waals surface area contributed by atoms with E-state index in [9.17, 15) is 0 Å². The van der Waals surface area contributed by atoms with Gasteiger partial charge in [0.2, 0.25) is 0 Å². The first-order valence-electron chi connectivity index (χ1n) is 6.74. The van der Waals surface area contributed by atoms with E-state index in [4.69, 9.17) is 11.0 Å². The van der Waals surface area contributed by atoms with Crippen LogP contribution >= 0.6 is 0 Å². The maximum absolute atomic E-state index is 8.98. The number of hydrogen-bond donors (Lipinski definition) is 2. The number of nitrogens with two attached hydrogens (primary N) is 1. The molecule has 0 radical (unpaired) electrons. The Bertz CT molecular complexity index is 481. The Morgan fingerprint density at radius 1 is 1.42 bits per heavy atom. The molecule has 1 fully saturated rings. The van der Waals surface area contributed by atoms with Gasteiger partial charge < -0.3 is 16.0 Å². The lowest BCUT2D eigenvalue weighted by atomic mass is 9.80. The lowest BCUT2D eigenvalue weighted by molar-refractivity contribution is 0.150. The van der Waals surface area contributed by atoms with Crippen molar-refractivity contribution in [1.29, 1.82) is 5.26 Å². The molecule has 0 saturated carbocycles. The van der Waals surface area contributed by atoms with E-state index in [1.807, 2.05) is 12.1 Å². The summed E-state index contributed by atoms with van der Waals surface area (Å²) >= 11 is 0. The molecule has 1 aliphatic rings. The highest BCUT2D eigenvalue weighted by Crippen LogP contribution is 2.30. The van der Waals surface area contributed by atoms with Crippen LogP contribution in [0, 0.1) is 16.7 Å². The Balaban J connectivity index is 1.97. The van der Waals surface area contributed by atoms with Crippen molar-refractivity contribution in [2.24, 2.45) is 5.41 Å². The molecule has 19 heavy (non-hydrogen) atoms. The molecule has 4 nitrogen and oxygen atoms in total. The molecule has 1 aromatic rings. The number of hydrogen-bond acceptors (Lipinski definition) is 4. The smallest absolute Gasteiger partial charge is 0.101 e. The molecule has 4 heteroatoms. The van der Waals surface area contributed by atoms with Crippen LogP contribution < -0.4 is 11.1 Å². The van der Waals surface area contributed by atoms with Gasteiger partial charge in [-0.2, -0.15) is 5.26 Å². The predicted molar refractivity (Wildman–Crippen MR) is 78.9 cm³/mol. The minimum atomic E-state index is 0.334. The number of nitrogens with one attached hydrogen (secondary N) is 1. The maximum Gasteiger partial charge on any atom is 0.101 e. The van der Waals surface area contributed by atoms with Gasteiger partial charge in [0.25, 0.3) is 0 Å². The molecule has 102 valence electrons. The van der Waals surface area contributed by atoms with Crippen molar-refractivity contribution >= 4 is 11.4 Å². The summed E-state index contributed by atoms with van der Waals surface area (Å²) in [6.07, 6.45) is 2.41. The van der Waals surface area contributed by atoms with E-state index >= 15 is 0 Å². The van der Waals surface area contributed by atoms with E-state index in [1.54, 1.807) is 6.07 Å². The van der Waals surface area contributed by atoms with Gasteiger partial charge in [-0.15, -0.1) is 0 Å². The molecular formula is C15H22N4. The summed E-state index contributed by atoms with van der Waals surface area (Å²) in [6, 6.07) is 7.67. The quantitative estimate of drug-likeness (QED) is 0.816. The van der Waals surface area contributed by atoms with Gasteiger partial charge in [0.15, 0.2) is 0 Å². The highest BCUT2D eigenvalue weighted by atomic mass is 15.1. The van der Waals surface area contributed by atoms with Gasteiger partial charge in [-0.05, 0) is 56.6 Å². The molecule has 0 aromatic heterocycles. The summed E-state index contributed by atoms with van der Waals surface area (Å²) in [6.45, 7) is 5.58. The van der Waals surface area contributed by atoms with E-state index in [1.165, 1.54) is 12.8 Å². The Morgan fingerprint density at radius 3 is 2.74 bits per heavy atom. The van der Waals surface area contributed by atoms with Crippen LogP contribution in [-0.4, -0.2) is 31.6 Å². The largest absolute Gasteiger partial charge is 0.398 e. The Labute approximate surface area is 115 Å². The second kappa shape index (κ2) is 5.50. The molecular weight excluding hydrogens is 236 g/mol. The number of rotatable bonds is 3. The predicted octanol–water partition coefficient (Wildman–Crippen LogP) is 2.28. The summed E-state index contributed by atoms with van der Waals surface area (Å²) < 4.78 is 0. The standard InChI is InChI=1S/C15H22N4/c1-15(5-7-19(2)8-6-15)11-18-13-3-4-14(17)12(9-13)10-16/h3-4,9,18H,5-8,11,17H2,1-2H3. The fraction of sp³-hybridized carbons (Fsp3) is 0.533. The van der Waals surface area contributed by atoms with E-state index in [2.05, 4.69) is 30.3 Å². The van der Waals surface area contributed by atoms with Crippen LogP contribution in [0.4, 0.5) is 11.4 Å². The fourth-order valence-corrected chi connectivity index (χ4v) is 2.41. The van der Waals surface area contributed by atoms with Crippen LogP contribution in [-0.2, 0) is 0 Å². The Morgan fingerprint density at radius 2 is 2.11 bits per heavy atom. The van der Waals surface area contributed by atoms with Crippen molar-refractivity contribution < 1.29 is 0 Å². The van der Waals surface area contributed by atoms with E-state index in [0.29, 0.717) is 16.7 Å². The Hall–Kier alpha value is -1.73. The van der Waals surface area contributed by atoms with Gasteiger partial charge in [0, 0.05) is 17.9 Å². The number of anilines is 2. The normalized spacial score (nSPS) is 18.8. The van der Waals surface area contributed by atoms with Gasteiger partial charge in [-0.25, -0.2) is 0 Å². The van der Waals surface area contributed by atoms with Crippen molar-refractivity contribution in [2.45, 2.75) is 19.8 Å². The lowest BCUT2D eigenvalue weighted by Crippen LogP contribution is -2.40. The third-order valence-corrected chi connectivity index (χ3v) is 4.09. The van der Waals surface area contributed by atoms with Gasteiger partial charge in [-0.3, -0.25) is 0 Å². The zero-order valence-electron chi connectivity index (χ0n) is 11.7. The molecule has 0 bridgehead atoms. The van der Waals surface area contributed by atoms with Crippen LogP contribution in [0.2, 0.25) is 0 Å². The van der Waals surface area contributed by atoms with Crippen molar-refractivity contribution in [1.82, 2.24) is 4.90 Å². The zero-order chi connectivity index (χ0) is 13.9. The fourth-order valence-electron chi connectivity index (χ4n) is 2.41. The Kier molecular flexibility index (Phi) is 3.96. The number of nitrogen functional groups attached to an aromatic ring is 1. The third-order valence-electron chi connectivity index (χ3n) is 4.09. The highest BCUT2D eigenvalue weighted by Gasteiger charge is 2.28. The van der Waals surface area contributed by atoms with Crippen LogP contribution in [0.1, 0.15) is 25.3 Å².